The van der Waals surface area contributed by atoms with Crippen LogP contribution in [-0.4, -0.2) is 25.6 Å². The molecular formula is C9H19BrO2Si. The fraction of sp³-hybridized carbons (Fsp3) is 0.889. The normalized spacial score (nSPS) is 16.5. The largest absolute Gasteiger partial charge is 0.469 e. The molecule has 0 aliphatic rings. The minimum absolute atomic E-state index is 0.00102. The smallest absolute Gasteiger partial charge is 0.308 e. The third-order valence-corrected chi connectivity index (χ3v) is 8.71. The Morgan fingerprint density at radius 3 is 2.23 bits per heavy atom. The molecule has 0 saturated carbocycles. The maximum absolute atomic E-state index is 11.1. The van der Waals surface area contributed by atoms with Crippen molar-refractivity contribution < 1.29 is 9.53 Å². The van der Waals surface area contributed by atoms with Gasteiger partial charge in [-0.3, -0.25) is 4.79 Å². The molecule has 0 aliphatic carbocycles. The van der Waals surface area contributed by atoms with Crippen LogP contribution in [0, 0.1) is 5.92 Å². The number of hydrogen-bond donors (Lipinski definition) is 0. The Bertz CT molecular complexity index is 177. The molecule has 0 aliphatic heterocycles. The predicted octanol–water partition coefficient (Wildman–Crippen LogP) is 2.83. The van der Waals surface area contributed by atoms with Crippen LogP contribution in [0.3, 0.4) is 0 Å². The monoisotopic (exact) mass is 266 g/mol. The summed E-state index contributed by atoms with van der Waals surface area (Å²) in [5, 5.41) is 0. The fourth-order valence-corrected chi connectivity index (χ4v) is 2.58. The summed E-state index contributed by atoms with van der Waals surface area (Å²) >= 11 is 3.65. The molecule has 0 N–H and O–H groups in total. The van der Waals surface area contributed by atoms with Gasteiger partial charge in [0, 0.05) is 4.45 Å². The van der Waals surface area contributed by atoms with Crippen LogP contribution in [0.4, 0.5) is 0 Å². The molecule has 0 aromatic rings. The van der Waals surface area contributed by atoms with Gasteiger partial charge in [0.15, 0.2) is 0 Å². The van der Waals surface area contributed by atoms with E-state index in [0.717, 1.165) is 6.42 Å². The summed E-state index contributed by atoms with van der Waals surface area (Å²) in [5.41, 5.74) is 0. The summed E-state index contributed by atoms with van der Waals surface area (Å²) in [7, 11) is 0.268. The molecule has 4 heteroatoms. The summed E-state index contributed by atoms with van der Waals surface area (Å²) in [5.74, 6) is -0.108. The molecule has 0 rings (SSSR count). The Balaban J connectivity index is 4.06. The van der Waals surface area contributed by atoms with Gasteiger partial charge >= 0.3 is 5.97 Å². The van der Waals surface area contributed by atoms with E-state index in [9.17, 15) is 4.79 Å². The van der Waals surface area contributed by atoms with Crippen molar-refractivity contribution in [1.29, 1.82) is 0 Å². The van der Waals surface area contributed by atoms with E-state index >= 15 is 0 Å². The second-order valence-electron chi connectivity index (χ2n) is 4.49. The number of carbonyl (C=O) groups excluding carboxylic acids is 1. The molecule has 0 bridgehead atoms. The van der Waals surface area contributed by atoms with Crippen LogP contribution in [0.5, 0.6) is 0 Å². The number of ether oxygens (including phenoxy) is 1. The standard InChI is InChI=1S/C9H19BrO2Si/c1-7(9(11)12-2)6-8(10)13(3,4)5/h7-8H,6H2,1-5H3. The predicted molar refractivity (Wildman–Crippen MR) is 61.9 cm³/mol. The van der Waals surface area contributed by atoms with Gasteiger partial charge in [0.2, 0.25) is 0 Å². The van der Waals surface area contributed by atoms with E-state index in [1.54, 1.807) is 0 Å². The number of carbonyl (C=O) groups is 1. The molecule has 0 spiro atoms. The molecule has 13 heavy (non-hydrogen) atoms. The zero-order valence-electron chi connectivity index (χ0n) is 9.06. The molecule has 2 atom stereocenters. The number of rotatable bonds is 4. The van der Waals surface area contributed by atoms with Crippen LogP contribution in [0.1, 0.15) is 13.3 Å². The molecule has 0 radical (unpaired) electrons. The first kappa shape index (κ1) is 13.2. The highest BCUT2D eigenvalue weighted by Gasteiger charge is 2.28. The van der Waals surface area contributed by atoms with Crippen molar-refractivity contribution in [2.24, 2.45) is 5.92 Å². The van der Waals surface area contributed by atoms with Gasteiger partial charge in [0.25, 0.3) is 0 Å². The average Bonchev–Trinajstić information content (AvgIpc) is 2.01. The van der Waals surface area contributed by atoms with E-state index in [2.05, 4.69) is 40.3 Å². The van der Waals surface area contributed by atoms with Crippen molar-refractivity contribution in [3.05, 3.63) is 0 Å². The number of alkyl halides is 1. The maximum Gasteiger partial charge on any atom is 0.308 e. The van der Waals surface area contributed by atoms with Crippen molar-refractivity contribution in [1.82, 2.24) is 0 Å². The minimum Gasteiger partial charge on any atom is -0.469 e. The van der Waals surface area contributed by atoms with Gasteiger partial charge in [-0.05, 0) is 6.42 Å². The van der Waals surface area contributed by atoms with Crippen LogP contribution in [-0.2, 0) is 9.53 Å². The van der Waals surface area contributed by atoms with Crippen molar-refractivity contribution in [3.8, 4) is 0 Å². The Morgan fingerprint density at radius 1 is 1.46 bits per heavy atom. The van der Waals surface area contributed by atoms with E-state index in [-0.39, 0.29) is 11.9 Å². The molecule has 0 amide bonds. The van der Waals surface area contributed by atoms with E-state index in [1.807, 2.05) is 6.92 Å². The summed E-state index contributed by atoms with van der Waals surface area (Å²) in [4.78, 5) is 11.1. The van der Waals surface area contributed by atoms with Crippen LogP contribution in [0.15, 0.2) is 0 Å². The lowest BCUT2D eigenvalue weighted by atomic mass is 10.1. The van der Waals surface area contributed by atoms with Crippen LogP contribution >= 0.6 is 15.9 Å². The quantitative estimate of drug-likeness (QED) is 0.445. The SMILES string of the molecule is COC(=O)C(C)CC(Br)[Si](C)(C)C. The average molecular weight is 267 g/mol. The Labute approximate surface area is 90.2 Å². The second kappa shape index (κ2) is 5.15. The first-order valence-electron chi connectivity index (χ1n) is 4.51. The van der Waals surface area contributed by atoms with Crippen molar-refractivity contribution in [3.63, 3.8) is 0 Å². The molecule has 78 valence electrons. The highest BCUT2D eigenvalue weighted by molar-refractivity contribution is 9.10. The first-order chi connectivity index (χ1) is 5.79. The summed E-state index contributed by atoms with van der Waals surface area (Å²) < 4.78 is 5.16. The zero-order chi connectivity index (χ0) is 10.6. The van der Waals surface area contributed by atoms with E-state index < -0.39 is 8.07 Å². The van der Waals surface area contributed by atoms with Gasteiger partial charge in [-0.15, -0.1) is 0 Å². The van der Waals surface area contributed by atoms with Crippen molar-refractivity contribution in [2.45, 2.75) is 37.4 Å². The van der Waals surface area contributed by atoms with Gasteiger partial charge in [0.1, 0.15) is 0 Å². The van der Waals surface area contributed by atoms with Crippen LogP contribution in [0.25, 0.3) is 0 Å². The Hall–Kier alpha value is 0.167. The second-order valence-corrected chi connectivity index (χ2v) is 11.9. The lowest BCUT2D eigenvalue weighted by Crippen LogP contribution is -2.36. The minimum atomic E-state index is -1.17. The van der Waals surface area contributed by atoms with E-state index in [0.29, 0.717) is 4.45 Å². The highest BCUT2D eigenvalue weighted by Crippen LogP contribution is 2.23. The zero-order valence-corrected chi connectivity index (χ0v) is 11.6. The van der Waals surface area contributed by atoms with Crippen LogP contribution in [0.2, 0.25) is 19.6 Å². The Kier molecular flexibility index (Phi) is 5.21. The molecule has 0 aromatic carbocycles. The molecule has 0 saturated heterocycles. The molecular weight excluding hydrogens is 248 g/mol. The summed E-state index contributed by atoms with van der Waals surface area (Å²) in [6, 6.07) is 0. The number of halogens is 1. The van der Waals surface area contributed by atoms with Gasteiger partial charge in [-0.1, -0.05) is 42.5 Å². The third kappa shape index (κ3) is 4.81. The third-order valence-electron chi connectivity index (χ3n) is 2.10. The van der Waals surface area contributed by atoms with Crippen LogP contribution < -0.4 is 0 Å². The number of methoxy groups -OCH3 is 1. The lowest BCUT2D eigenvalue weighted by Gasteiger charge is -2.25. The van der Waals surface area contributed by atoms with Gasteiger partial charge in [-0.2, -0.15) is 0 Å². The molecule has 0 heterocycles. The van der Waals surface area contributed by atoms with Gasteiger partial charge in [0.05, 0.1) is 21.1 Å². The maximum atomic E-state index is 11.1. The van der Waals surface area contributed by atoms with E-state index in [4.69, 9.17) is 0 Å². The molecule has 2 unspecified atom stereocenters. The topological polar surface area (TPSA) is 26.3 Å². The van der Waals surface area contributed by atoms with Crippen molar-refractivity contribution in [2.75, 3.05) is 7.11 Å². The van der Waals surface area contributed by atoms with Gasteiger partial charge < -0.3 is 4.74 Å². The Morgan fingerprint density at radius 2 is 1.92 bits per heavy atom. The highest BCUT2D eigenvalue weighted by atomic mass is 79.9. The lowest BCUT2D eigenvalue weighted by molar-refractivity contribution is -0.144. The summed E-state index contributed by atoms with van der Waals surface area (Å²) in [6.07, 6.45) is 0.877. The molecule has 0 aromatic heterocycles. The first-order valence-corrected chi connectivity index (χ1v) is 9.00. The summed E-state index contributed by atoms with van der Waals surface area (Å²) in [6.45, 7) is 8.78. The van der Waals surface area contributed by atoms with Crippen molar-refractivity contribution >= 4 is 30.0 Å². The molecule has 2 nitrogen and oxygen atoms in total. The fourth-order valence-electron chi connectivity index (χ4n) is 0.961. The molecule has 0 fully saturated rings. The number of hydrogen-bond acceptors (Lipinski definition) is 2. The number of esters is 1. The van der Waals surface area contributed by atoms with E-state index in [1.165, 1.54) is 7.11 Å². The van der Waals surface area contributed by atoms with Gasteiger partial charge in [-0.25, -0.2) is 0 Å².